The highest BCUT2D eigenvalue weighted by Crippen LogP contribution is 2.30. The molecule has 4 aromatic rings. The first kappa shape index (κ1) is 19.5. The van der Waals surface area contributed by atoms with Crippen LogP contribution in [0.5, 0.6) is 0 Å². The van der Waals surface area contributed by atoms with Gasteiger partial charge in [0.1, 0.15) is 5.76 Å². The molecular weight excluding hydrogens is 454 g/mol. The highest BCUT2D eigenvalue weighted by molar-refractivity contribution is 9.10. The summed E-state index contributed by atoms with van der Waals surface area (Å²) in [7, 11) is 0. The number of hydrogen-bond donors (Lipinski definition) is 1. The Morgan fingerprint density at radius 2 is 2.00 bits per heavy atom. The molecule has 0 atom stereocenters. The summed E-state index contributed by atoms with van der Waals surface area (Å²) in [4.78, 5) is 30.1. The molecule has 0 spiro atoms. The molecule has 0 aliphatic rings. The van der Waals surface area contributed by atoms with Gasteiger partial charge in [-0.1, -0.05) is 34.1 Å². The van der Waals surface area contributed by atoms with Crippen LogP contribution in [0.4, 0.5) is 5.69 Å². The van der Waals surface area contributed by atoms with Crippen molar-refractivity contribution in [1.82, 2.24) is 9.56 Å². The average molecular weight is 470 g/mol. The van der Waals surface area contributed by atoms with Crippen molar-refractivity contribution in [2.75, 3.05) is 5.32 Å². The lowest BCUT2D eigenvalue weighted by Crippen LogP contribution is -2.13. The van der Waals surface area contributed by atoms with Crippen LogP contribution in [0.3, 0.4) is 0 Å². The fourth-order valence-corrected chi connectivity index (χ4v) is 4.12. The van der Waals surface area contributed by atoms with E-state index in [2.05, 4.69) is 26.2 Å². The third-order valence-electron chi connectivity index (χ3n) is 4.12. The van der Waals surface area contributed by atoms with Crippen molar-refractivity contribution < 1.29 is 9.32 Å². The third kappa shape index (κ3) is 4.44. The van der Waals surface area contributed by atoms with Crippen LogP contribution < -0.4 is 10.9 Å². The van der Waals surface area contributed by atoms with Crippen LogP contribution in [-0.4, -0.2) is 15.5 Å². The zero-order valence-electron chi connectivity index (χ0n) is 15.4. The normalized spacial score (nSPS) is 11.0. The molecule has 2 aromatic carbocycles. The Balaban J connectivity index is 1.53. The second-order valence-electron chi connectivity index (χ2n) is 6.33. The van der Waals surface area contributed by atoms with E-state index in [0.717, 1.165) is 9.37 Å². The van der Waals surface area contributed by atoms with Crippen molar-refractivity contribution in [3.63, 3.8) is 0 Å². The Bertz CT molecular complexity index is 1270. The number of para-hydroxylation sites is 1. The number of carbonyl (C=O) groups is 1. The minimum absolute atomic E-state index is 0.189. The van der Waals surface area contributed by atoms with E-state index in [1.165, 1.54) is 22.4 Å². The maximum Gasteiger partial charge on any atom is 0.287 e. The number of hydrogen-bond acceptors (Lipinski definition) is 5. The zero-order valence-corrected chi connectivity index (χ0v) is 17.8. The average Bonchev–Trinajstić information content (AvgIpc) is 3.08. The van der Waals surface area contributed by atoms with Gasteiger partial charge in [-0.2, -0.15) is 0 Å². The largest absolute Gasteiger partial charge is 0.375 e. The van der Waals surface area contributed by atoms with Gasteiger partial charge in [0.2, 0.25) is 0 Å². The summed E-state index contributed by atoms with van der Waals surface area (Å²) in [5, 5.41) is 2.95. The number of aromatic nitrogens is 2. The van der Waals surface area contributed by atoms with Crippen molar-refractivity contribution in [1.29, 1.82) is 0 Å². The number of anilines is 1. The van der Waals surface area contributed by atoms with Crippen molar-refractivity contribution in [3.8, 4) is 0 Å². The number of benzene rings is 2. The molecule has 2 heterocycles. The molecule has 29 heavy (non-hydrogen) atoms. The lowest BCUT2D eigenvalue weighted by molar-refractivity contribution is 0.102. The number of amides is 1. The fourth-order valence-electron chi connectivity index (χ4n) is 2.82. The van der Waals surface area contributed by atoms with Crippen LogP contribution in [0.1, 0.15) is 21.8 Å². The Morgan fingerprint density at radius 1 is 1.17 bits per heavy atom. The lowest BCUT2D eigenvalue weighted by Gasteiger charge is -2.11. The lowest BCUT2D eigenvalue weighted by atomic mass is 10.2. The second kappa shape index (κ2) is 8.26. The Kier molecular flexibility index (Phi) is 5.55. The van der Waals surface area contributed by atoms with Crippen LogP contribution >= 0.6 is 27.7 Å². The van der Waals surface area contributed by atoms with Crippen LogP contribution in [-0.2, 0) is 5.75 Å². The summed E-state index contributed by atoms with van der Waals surface area (Å²) in [6, 6.07) is 17.9. The van der Waals surface area contributed by atoms with E-state index in [0.29, 0.717) is 34.1 Å². The van der Waals surface area contributed by atoms with E-state index in [1.54, 1.807) is 25.1 Å². The van der Waals surface area contributed by atoms with E-state index >= 15 is 0 Å². The summed E-state index contributed by atoms with van der Waals surface area (Å²) in [5.41, 5.74) is 2.15. The smallest absolute Gasteiger partial charge is 0.287 e. The first-order chi connectivity index (χ1) is 14.0. The fraction of sp³-hybridized carbons (Fsp3) is 0.0952. The van der Waals surface area contributed by atoms with Crippen molar-refractivity contribution in [3.05, 3.63) is 92.5 Å². The van der Waals surface area contributed by atoms with Crippen LogP contribution in [0.15, 0.2) is 79.3 Å². The number of aryl methyl sites for hydroxylation is 1. The van der Waals surface area contributed by atoms with E-state index in [4.69, 9.17) is 4.52 Å². The molecule has 0 saturated heterocycles. The van der Waals surface area contributed by atoms with Gasteiger partial charge >= 0.3 is 0 Å². The standard InChI is InChI=1S/C21H16BrN3O3S/c1-13-9-19-23-16(11-20(26)25(19)28-13)12-29-18-8-3-2-7-17(18)24-21(27)14-5-4-6-15(22)10-14/h2-11H,12H2,1H3,(H,24,27). The molecule has 2 aromatic heterocycles. The summed E-state index contributed by atoms with van der Waals surface area (Å²) < 4.78 is 7.33. The highest BCUT2D eigenvalue weighted by Gasteiger charge is 2.11. The molecule has 0 aliphatic carbocycles. The molecule has 0 radical (unpaired) electrons. The quantitative estimate of drug-likeness (QED) is 0.420. The summed E-state index contributed by atoms with van der Waals surface area (Å²) in [6.45, 7) is 1.77. The SMILES string of the molecule is Cc1cc2nc(CSc3ccccc3NC(=O)c3cccc(Br)c3)cc(=O)n2o1. The number of fused-ring (bicyclic) bond motifs is 1. The second-order valence-corrected chi connectivity index (χ2v) is 8.27. The molecule has 0 aliphatic heterocycles. The Hall–Kier alpha value is -2.84. The summed E-state index contributed by atoms with van der Waals surface area (Å²) >= 11 is 4.88. The zero-order chi connectivity index (χ0) is 20.4. The number of nitrogens with one attached hydrogen (secondary N) is 1. The summed E-state index contributed by atoms with van der Waals surface area (Å²) in [5.74, 6) is 0.922. The molecule has 1 N–H and O–H groups in total. The van der Waals surface area contributed by atoms with Gasteiger partial charge in [-0.3, -0.25) is 9.59 Å². The monoisotopic (exact) mass is 469 g/mol. The molecule has 0 bridgehead atoms. The number of rotatable bonds is 5. The van der Waals surface area contributed by atoms with Crippen molar-refractivity contribution in [2.45, 2.75) is 17.6 Å². The highest BCUT2D eigenvalue weighted by atomic mass is 79.9. The molecule has 4 rings (SSSR count). The number of carbonyl (C=O) groups excluding carboxylic acids is 1. The van der Waals surface area contributed by atoms with E-state index in [1.807, 2.05) is 36.4 Å². The van der Waals surface area contributed by atoms with E-state index in [9.17, 15) is 9.59 Å². The Morgan fingerprint density at radius 3 is 2.83 bits per heavy atom. The molecule has 1 amide bonds. The molecule has 146 valence electrons. The van der Waals surface area contributed by atoms with Crippen molar-refractivity contribution in [2.24, 2.45) is 0 Å². The molecule has 6 nitrogen and oxygen atoms in total. The first-order valence-corrected chi connectivity index (χ1v) is 10.6. The number of halogens is 1. The van der Waals surface area contributed by atoms with Crippen molar-refractivity contribution >= 4 is 44.9 Å². The maximum absolute atomic E-state index is 12.6. The molecule has 0 fully saturated rings. The Labute approximate surface area is 179 Å². The van der Waals surface area contributed by atoms with Gasteiger partial charge in [0.15, 0.2) is 5.65 Å². The van der Waals surface area contributed by atoms with Crippen LogP contribution in [0, 0.1) is 6.92 Å². The minimum Gasteiger partial charge on any atom is -0.375 e. The number of nitrogens with zero attached hydrogens (tertiary/aromatic N) is 2. The van der Waals surface area contributed by atoms with Gasteiger partial charge in [-0.25, -0.2) is 4.98 Å². The molecule has 0 unspecified atom stereocenters. The molecular formula is C21H16BrN3O3S. The predicted octanol–water partition coefficient (Wildman–Crippen LogP) is 4.90. The third-order valence-corrected chi connectivity index (χ3v) is 5.72. The molecule has 8 heteroatoms. The number of thioether (sulfide) groups is 1. The molecule has 0 saturated carbocycles. The summed E-state index contributed by atoms with van der Waals surface area (Å²) in [6.07, 6.45) is 0. The van der Waals surface area contributed by atoms with Crippen LogP contribution in [0.25, 0.3) is 5.65 Å². The maximum atomic E-state index is 12.6. The topological polar surface area (TPSA) is 76.6 Å². The van der Waals surface area contributed by atoms with E-state index in [-0.39, 0.29) is 11.5 Å². The van der Waals surface area contributed by atoms with Crippen LogP contribution in [0.2, 0.25) is 0 Å². The minimum atomic E-state index is -0.255. The predicted molar refractivity (Wildman–Crippen MR) is 117 cm³/mol. The van der Waals surface area contributed by atoms with Gasteiger partial charge in [-0.15, -0.1) is 16.3 Å². The van der Waals surface area contributed by atoms with Gasteiger partial charge < -0.3 is 9.84 Å². The van der Waals surface area contributed by atoms with Gasteiger partial charge in [0.05, 0.1) is 11.4 Å². The van der Waals surface area contributed by atoms with Gasteiger partial charge in [0, 0.05) is 32.8 Å². The van der Waals surface area contributed by atoms with E-state index < -0.39 is 0 Å². The van der Waals surface area contributed by atoms with Gasteiger partial charge in [0.25, 0.3) is 11.5 Å². The van der Waals surface area contributed by atoms with Gasteiger partial charge in [-0.05, 0) is 37.3 Å². The first-order valence-electron chi connectivity index (χ1n) is 8.78.